The van der Waals surface area contributed by atoms with Gasteiger partial charge in [0.25, 0.3) is 0 Å². The van der Waals surface area contributed by atoms with E-state index in [1.54, 1.807) is 6.20 Å². The van der Waals surface area contributed by atoms with Crippen molar-refractivity contribution in [2.45, 2.75) is 57.5 Å². The van der Waals surface area contributed by atoms with E-state index in [0.717, 1.165) is 18.8 Å². The lowest BCUT2D eigenvalue weighted by Crippen LogP contribution is -2.46. The topological polar surface area (TPSA) is 44.6 Å². The van der Waals surface area contributed by atoms with Gasteiger partial charge < -0.3 is 9.47 Å². The van der Waals surface area contributed by atoms with Crippen LogP contribution in [0.2, 0.25) is 0 Å². The van der Waals surface area contributed by atoms with Crippen LogP contribution in [0.3, 0.4) is 0 Å². The van der Waals surface area contributed by atoms with Gasteiger partial charge >= 0.3 is 0 Å². The molecule has 6 nitrogen and oxygen atoms in total. The smallest absolute Gasteiger partial charge is 0.240 e. The number of likely N-dealkylation sites (tertiary alicyclic amines) is 2. The molecule has 2 fully saturated rings. The van der Waals surface area contributed by atoms with E-state index in [-0.39, 0.29) is 24.0 Å². The fraction of sp³-hybridized carbons (Fsp3) is 0.778. The van der Waals surface area contributed by atoms with Crippen LogP contribution in [0.15, 0.2) is 12.4 Å². The molecular formula is C18H30FN5O. The number of likely N-dealkylation sites (N-methyl/N-ethyl adjacent to an activating group) is 1. The average Bonchev–Trinajstić information content (AvgIpc) is 3.20. The molecule has 0 N–H and O–H groups in total. The Kier molecular flexibility index (Phi) is 5.43. The van der Waals surface area contributed by atoms with Gasteiger partial charge in [-0.05, 0) is 33.7 Å². The number of hydrogen-bond donors (Lipinski definition) is 0. The molecule has 140 valence electrons. The van der Waals surface area contributed by atoms with Gasteiger partial charge in [-0.3, -0.25) is 14.6 Å². The molecule has 0 bridgehead atoms. The molecule has 25 heavy (non-hydrogen) atoms. The first kappa shape index (κ1) is 18.3. The molecule has 0 aliphatic carbocycles. The minimum absolute atomic E-state index is 0.0731. The summed E-state index contributed by atoms with van der Waals surface area (Å²) in [6.07, 6.45) is 4.28. The summed E-state index contributed by atoms with van der Waals surface area (Å²) in [4.78, 5) is 23.2. The van der Waals surface area contributed by atoms with Gasteiger partial charge in [-0.15, -0.1) is 0 Å². The molecule has 1 aromatic heterocycles. The number of rotatable bonds is 6. The molecule has 1 aromatic rings. The number of imidazole rings is 1. The number of carbonyl (C=O) groups excluding carboxylic acids is 1. The van der Waals surface area contributed by atoms with E-state index < -0.39 is 6.17 Å². The maximum Gasteiger partial charge on any atom is 0.240 e. The molecule has 0 spiro atoms. The summed E-state index contributed by atoms with van der Waals surface area (Å²) in [5.74, 6) is 1.16. The fourth-order valence-electron chi connectivity index (χ4n) is 4.10. The summed E-state index contributed by atoms with van der Waals surface area (Å²) in [5, 5.41) is 0. The van der Waals surface area contributed by atoms with E-state index in [4.69, 9.17) is 0 Å². The third-order valence-corrected chi connectivity index (χ3v) is 5.61. The number of nitrogens with zero attached hydrogens (tertiary/aromatic N) is 5. The van der Waals surface area contributed by atoms with Crippen LogP contribution in [0, 0.1) is 0 Å². The molecule has 3 heterocycles. The largest absolute Gasteiger partial charge is 0.339 e. The van der Waals surface area contributed by atoms with Crippen molar-refractivity contribution in [1.82, 2.24) is 24.3 Å². The summed E-state index contributed by atoms with van der Waals surface area (Å²) in [6, 6.07) is 0.293. The summed E-state index contributed by atoms with van der Waals surface area (Å²) < 4.78 is 16.0. The van der Waals surface area contributed by atoms with E-state index in [1.165, 1.54) is 0 Å². The van der Waals surface area contributed by atoms with Crippen molar-refractivity contribution >= 4 is 5.91 Å². The number of hydrogen-bond acceptors (Lipinski definition) is 4. The number of carbonyl (C=O) groups is 1. The van der Waals surface area contributed by atoms with Crippen LogP contribution in [0.1, 0.15) is 32.5 Å². The Morgan fingerprint density at radius 3 is 2.80 bits per heavy atom. The second-order valence-electron chi connectivity index (χ2n) is 7.74. The monoisotopic (exact) mass is 351 g/mol. The number of amides is 1. The maximum absolute atomic E-state index is 14.1. The summed E-state index contributed by atoms with van der Waals surface area (Å²) >= 11 is 0. The van der Waals surface area contributed by atoms with Crippen LogP contribution in [-0.4, -0.2) is 81.1 Å². The zero-order valence-corrected chi connectivity index (χ0v) is 15.7. The van der Waals surface area contributed by atoms with Crippen molar-refractivity contribution in [1.29, 1.82) is 0 Å². The highest BCUT2D eigenvalue weighted by Crippen LogP contribution is 2.25. The predicted octanol–water partition coefficient (Wildman–Crippen LogP) is 1.27. The highest BCUT2D eigenvalue weighted by atomic mass is 19.1. The minimum atomic E-state index is -0.801. The summed E-state index contributed by atoms with van der Waals surface area (Å²) in [5.41, 5.74) is 0. The van der Waals surface area contributed by atoms with E-state index in [0.29, 0.717) is 26.1 Å². The lowest BCUT2D eigenvalue weighted by Gasteiger charge is -2.31. The molecule has 0 saturated carbocycles. The number of alkyl halides is 1. The third kappa shape index (κ3) is 3.87. The summed E-state index contributed by atoms with van der Waals surface area (Å²) in [6.45, 7) is 6.74. The van der Waals surface area contributed by atoms with Crippen LogP contribution < -0.4 is 0 Å². The predicted molar refractivity (Wildman–Crippen MR) is 94.8 cm³/mol. The van der Waals surface area contributed by atoms with Crippen molar-refractivity contribution in [3.8, 4) is 0 Å². The minimum Gasteiger partial charge on any atom is -0.339 e. The van der Waals surface area contributed by atoms with Crippen molar-refractivity contribution in [3.63, 3.8) is 0 Å². The van der Waals surface area contributed by atoms with Crippen LogP contribution in [0.5, 0.6) is 0 Å². The zero-order chi connectivity index (χ0) is 18.1. The molecular weight excluding hydrogens is 321 g/mol. The average molecular weight is 351 g/mol. The normalized spacial score (nSPS) is 28.0. The molecule has 2 aliphatic heterocycles. The molecule has 3 rings (SSSR count). The fourth-order valence-corrected chi connectivity index (χ4v) is 4.10. The van der Waals surface area contributed by atoms with Crippen LogP contribution in [0.4, 0.5) is 4.39 Å². The quantitative estimate of drug-likeness (QED) is 0.774. The van der Waals surface area contributed by atoms with Gasteiger partial charge in [0.15, 0.2) is 0 Å². The van der Waals surface area contributed by atoms with Gasteiger partial charge in [0.05, 0.1) is 12.6 Å². The molecule has 1 amide bonds. The van der Waals surface area contributed by atoms with Gasteiger partial charge in [0.2, 0.25) is 5.91 Å². The maximum atomic E-state index is 14.1. The van der Waals surface area contributed by atoms with Crippen LogP contribution in [0.25, 0.3) is 0 Å². The lowest BCUT2D eigenvalue weighted by molar-refractivity contribution is -0.133. The van der Waals surface area contributed by atoms with E-state index in [1.807, 2.05) is 29.8 Å². The SMILES string of the molecule is CC(C)N1CC[C@@H](N(C)C[C@@H]2C[C@H](F)CN2Cc2nccn2C)C1=O. The van der Waals surface area contributed by atoms with Crippen LogP contribution in [-0.2, 0) is 18.4 Å². The lowest BCUT2D eigenvalue weighted by atomic mass is 10.1. The van der Waals surface area contributed by atoms with E-state index in [9.17, 15) is 9.18 Å². The molecule has 2 saturated heterocycles. The molecule has 3 atom stereocenters. The van der Waals surface area contributed by atoms with Gasteiger partial charge in [-0.2, -0.15) is 0 Å². The molecule has 7 heteroatoms. The van der Waals surface area contributed by atoms with Gasteiger partial charge in [0, 0.05) is 51.2 Å². The van der Waals surface area contributed by atoms with E-state index >= 15 is 0 Å². The van der Waals surface area contributed by atoms with Crippen molar-refractivity contribution < 1.29 is 9.18 Å². The zero-order valence-electron chi connectivity index (χ0n) is 15.7. The molecule has 2 aliphatic rings. The highest BCUT2D eigenvalue weighted by Gasteiger charge is 2.39. The van der Waals surface area contributed by atoms with Gasteiger partial charge in [-0.1, -0.05) is 0 Å². The highest BCUT2D eigenvalue weighted by molar-refractivity contribution is 5.84. The van der Waals surface area contributed by atoms with E-state index in [2.05, 4.69) is 28.6 Å². The molecule has 0 radical (unpaired) electrons. The first-order valence-electron chi connectivity index (χ1n) is 9.21. The Balaban J connectivity index is 1.62. The van der Waals surface area contributed by atoms with Gasteiger partial charge in [-0.25, -0.2) is 9.37 Å². The standard InChI is InChI=1S/C18H30FN5O/c1-13(2)24-7-5-16(18(24)25)22(4)11-15-9-14(19)10-23(15)12-17-20-6-8-21(17)3/h6,8,13-16H,5,7,9-12H2,1-4H3/t14-,15-,16+/m0/s1. The second kappa shape index (κ2) is 7.41. The molecule has 0 aromatic carbocycles. The Bertz CT molecular complexity index is 604. The summed E-state index contributed by atoms with van der Waals surface area (Å²) in [7, 11) is 3.96. The Hall–Kier alpha value is -1.47. The second-order valence-corrected chi connectivity index (χ2v) is 7.74. The number of aryl methyl sites for hydroxylation is 1. The Morgan fingerprint density at radius 1 is 1.44 bits per heavy atom. The van der Waals surface area contributed by atoms with Gasteiger partial charge in [0.1, 0.15) is 12.0 Å². The first-order chi connectivity index (χ1) is 11.9. The third-order valence-electron chi connectivity index (χ3n) is 5.61. The first-order valence-corrected chi connectivity index (χ1v) is 9.21. The van der Waals surface area contributed by atoms with Crippen LogP contribution >= 0.6 is 0 Å². The molecule has 0 unspecified atom stereocenters. The van der Waals surface area contributed by atoms with Crippen molar-refractivity contribution in [3.05, 3.63) is 18.2 Å². The Morgan fingerprint density at radius 2 is 2.20 bits per heavy atom. The number of halogens is 1. The number of aromatic nitrogens is 2. The van der Waals surface area contributed by atoms with Crippen molar-refractivity contribution in [2.24, 2.45) is 7.05 Å². The van der Waals surface area contributed by atoms with Crippen molar-refractivity contribution in [2.75, 3.05) is 26.7 Å². The Labute approximate surface area is 149 Å².